The first-order valence-electron chi connectivity index (χ1n) is 9.56. The molecule has 1 fully saturated rings. The molecular formula is C20H26N2O2S2. The van der Waals surface area contributed by atoms with Crippen molar-refractivity contribution in [3.05, 3.63) is 43.8 Å². The largest absolute Gasteiger partial charge is 0.379 e. The molecule has 2 aromatic rings. The van der Waals surface area contributed by atoms with Crippen molar-refractivity contribution < 1.29 is 9.53 Å². The number of carbonyl (C=O) groups excluding carboxylic acids is 1. The van der Waals surface area contributed by atoms with Crippen molar-refractivity contribution >= 4 is 28.6 Å². The van der Waals surface area contributed by atoms with Crippen molar-refractivity contribution in [1.29, 1.82) is 0 Å². The molecule has 1 aliphatic heterocycles. The number of hydrogen-bond acceptors (Lipinski definition) is 5. The molecule has 4 rings (SSSR count). The molecule has 0 aromatic carbocycles. The molecule has 0 saturated carbocycles. The maximum atomic E-state index is 12.8. The van der Waals surface area contributed by atoms with Gasteiger partial charge in [0.15, 0.2) is 0 Å². The molecule has 1 atom stereocenters. The highest BCUT2D eigenvalue weighted by atomic mass is 32.1. The first kappa shape index (κ1) is 18.2. The van der Waals surface area contributed by atoms with Crippen LogP contribution in [-0.2, 0) is 17.6 Å². The van der Waals surface area contributed by atoms with Gasteiger partial charge < -0.3 is 10.1 Å². The summed E-state index contributed by atoms with van der Waals surface area (Å²) in [7, 11) is 0. The fraction of sp³-hybridized carbons (Fsp3) is 0.550. The Morgan fingerprint density at radius 2 is 2.08 bits per heavy atom. The fourth-order valence-corrected chi connectivity index (χ4v) is 5.87. The molecule has 2 aromatic heterocycles. The lowest BCUT2D eigenvalue weighted by Crippen LogP contribution is -2.43. The lowest BCUT2D eigenvalue weighted by atomic mass is 10.1. The molecule has 140 valence electrons. The molecule has 26 heavy (non-hydrogen) atoms. The number of aryl methyl sites for hydroxylation is 2. The number of hydrogen-bond donors (Lipinski definition) is 1. The van der Waals surface area contributed by atoms with Crippen LogP contribution in [-0.4, -0.2) is 43.7 Å². The highest BCUT2D eigenvalue weighted by Crippen LogP contribution is 2.29. The lowest BCUT2D eigenvalue weighted by Gasteiger charge is -2.34. The van der Waals surface area contributed by atoms with Crippen LogP contribution in [0.15, 0.2) is 23.6 Å². The van der Waals surface area contributed by atoms with Gasteiger partial charge in [0.05, 0.1) is 24.1 Å². The summed E-state index contributed by atoms with van der Waals surface area (Å²) in [6.07, 6.45) is 6.09. The number of carbonyl (C=O) groups is 1. The van der Waals surface area contributed by atoms with Crippen molar-refractivity contribution in [2.45, 2.75) is 38.1 Å². The van der Waals surface area contributed by atoms with Gasteiger partial charge in [-0.1, -0.05) is 12.5 Å². The zero-order valence-corrected chi connectivity index (χ0v) is 16.7. The SMILES string of the molecule is O=C(NCC(c1cccs1)N1CCOCC1)c1cc2c(s1)CCCCC2. The average Bonchev–Trinajstić information content (AvgIpc) is 3.29. The van der Waals surface area contributed by atoms with Gasteiger partial charge in [0, 0.05) is 29.4 Å². The summed E-state index contributed by atoms with van der Waals surface area (Å²) < 4.78 is 5.49. The molecule has 2 aliphatic rings. The van der Waals surface area contributed by atoms with E-state index in [0.717, 1.165) is 44.0 Å². The van der Waals surface area contributed by atoms with Crippen LogP contribution >= 0.6 is 22.7 Å². The minimum atomic E-state index is 0.0814. The van der Waals surface area contributed by atoms with E-state index in [1.54, 1.807) is 22.7 Å². The summed E-state index contributed by atoms with van der Waals surface area (Å²) >= 11 is 3.46. The predicted molar refractivity (Wildman–Crippen MR) is 107 cm³/mol. The number of fused-ring (bicyclic) bond motifs is 1. The Balaban J connectivity index is 1.43. The van der Waals surface area contributed by atoms with Crippen LogP contribution in [0.3, 0.4) is 0 Å². The minimum absolute atomic E-state index is 0.0814. The van der Waals surface area contributed by atoms with E-state index in [1.807, 2.05) is 0 Å². The maximum absolute atomic E-state index is 12.8. The summed E-state index contributed by atoms with van der Waals surface area (Å²) in [6, 6.07) is 6.63. The van der Waals surface area contributed by atoms with E-state index in [2.05, 4.69) is 33.8 Å². The molecule has 3 heterocycles. The Morgan fingerprint density at radius 1 is 1.23 bits per heavy atom. The number of thiophene rings is 2. The number of ether oxygens (including phenoxy) is 1. The van der Waals surface area contributed by atoms with E-state index in [9.17, 15) is 4.79 Å². The van der Waals surface area contributed by atoms with E-state index in [1.165, 1.54) is 34.6 Å². The van der Waals surface area contributed by atoms with Crippen LogP contribution in [0.25, 0.3) is 0 Å². The van der Waals surface area contributed by atoms with Crippen LogP contribution in [0.5, 0.6) is 0 Å². The Labute approximate surface area is 163 Å². The average molecular weight is 391 g/mol. The van der Waals surface area contributed by atoms with Gasteiger partial charge >= 0.3 is 0 Å². The smallest absolute Gasteiger partial charge is 0.261 e. The van der Waals surface area contributed by atoms with Crippen molar-refractivity contribution in [2.24, 2.45) is 0 Å². The van der Waals surface area contributed by atoms with E-state index < -0.39 is 0 Å². The summed E-state index contributed by atoms with van der Waals surface area (Å²) in [5.74, 6) is 0.0814. The predicted octanol–water partition coefficient (Wildman–Crippen LogP) is 3.88. The first-order chi connectivity index (χ1) is 12.8. The molecule has 1 aliphatic carbocycles. The van der Waals surface area contributed by atoms with Gasteiger partial charge in [0.25, 0.3) is 5.91 Å². The maximum Gasteiger partial charge on any atom is 0.261 e. The highest BCUT2D eigenvalue weighted by Gasteiger charge is 2.25. The molecule has 6 heteroatoms. The summed E-state index contributed by atoms with van der Waals surface area (Å²) in [5.41, 5.74) is 1.40. The lowest BCUT2D eigenvalue weighted by molar-refractivity contribution is 0.0169. The Morgan fingerprint density at radius 3 is 2.88 bits per heavy atom. The van der Waals surface area contributed by atoms with Crippen LogP contribution in [0.2, 0.25) is 0 Å². The molecule has 1 N–H and O–H groups in total. The molecule has 1 amide bonds. The minimum Gasteiger partial charge on any atom is -0.379 e. The fourth-order valence-electron chi connectivity index (χ4n) is 3.84. The van der Waals surface area contributed by atoms with Crippen LogP contribution < -0.4 is 5.32 Å². The van der Waals surface area contributed by atoms with Gasteiger partial charge in [-0.15, -0.1) is 22.7 Å². The van der Waals surface area contributed by atoms with Crippen molar-refractivity contribution in [3.8, 4) is 0 Å². The third-order valence-corrected chi connectivity index (χ3v) is 7.49. The van der Waals surface area contributed by atoms with E-state index in [0.29, 0.717) is 6.54 Å². The molecular weight excluding hydrogens is 364 g/mol. The standard InChI is InChI=1S/C20H26N2O2S2/c23-20(19-13-15-5-2-1-3-6-17(15)26-19)21-14-16(18-7-4-12-25-18)22-8-10-24-11-9-22/h4,7,12-13,16H,1-3,5-6,8-11,14H2,(H,21,23). The van der Waals surface area contributed by atoms with E-state index in [-0.39, 0.29) is 11.9 Å². The summed E-state index contributed by atoms with van der Waals surface area (Å²) in [4.78, 5) is 18.8. The van der Waals surface area contributed by atoms with Gasteiger partial charge in [0.1, 0.15) is 0 Å². The van der Waals surface area contributed by atoms with Gasteiger partial charge in [-0.2, -0.15) is 0 Å². The van der Waals surface area contributed by atoms with Crippen LogP contribution in [0, 0.1) is 0 Å². The van der Waals surface area contributed by atoms with Crippen molar-refractivity contribution in [2.75, 3.05) is 32.8 Å². The zero-order valence-electron chi connectivity index (χ0n) is 15.0. The molecule has 1 saturated heterocycles. The van der Waals surface area contributed by atoms with Gasteiger partial charge in [-0.25, -0.2) is 0 Å². The number of rotatable bonds is 5. The van der Waals surface area contributed by atoms with Gasteiger partial charge in [-0.05, 0) is 48.8 Å². The number of nitrogens with zero attached hydrogens (tertiary/aromatic N) is 1. The quantitative estimate of drug-likeness (QED) is 0.788. The Kier molecular flexibility index (Phi) is 6.05. The van der Waals surface area contributed by atoms with E-state index >= 15 is 0 Å². The molecule has 1 unspecified atom stereocenters. The Bertz CT molecular complexity index is 697. The number of amides is 1. The molecule has 0 radical (unpaired) electrons. The molecule has 4 nitrogen and oxygen atoms in total. The molecule has 0 bridgehead atoms. The van der Waals surface area contributed by atoms with E-state index in [4.69, 9.17) is 4.74 Å². The summed E-state index contributed by atoms with van der Waals surface area (Å²) in [6.45, 7) is 4.04. The number of nitrogens with one attached hydrogen (secondary N) is 1. The van der Waals surface area contributed by atoms with Gasteiger partial charge in [0.2, 0.25) is 0 Å². The van der Waals surface area contributed by atoms with Crippen molar-refractivity contribution in [1.82, 2.24) is 10.2 Å². The third kappa shape index (κ3) is 4.19. The monoisotopic (exact) mass is 390 g/mol. The second-order valence-electron chi connectivity index (χ2n) is 7.01. The Hall–Kier alpha value is -1.21. The normalized spacial score (nSPS) is 19.5. The third-order valence-electron chi connectivity index (χ3n) is 5.28. The van der Waals surface area contributed by atoms with Gasteiger partial charge in [-0.3, -0.25) is 9.69 Å². The number of morpholine rings is 1. The second kappa shape index (κ2) is 8.65. The van der Waals surface area contributed by atoms with Crippen molar-refractivity contribution in [3.63, 3.8) is 0 Å². The highest BCUT2D eigenvalue weighted by molar-refractivity contribution is 7.14. The second-order valence-corrected chi connectivity index (χ2v) is 9.13. The van der Waals surface area contributed by atoms with Crippen LogP contribution in [0.1, 0.15) is 50.3 Å². The summed E-state index contributed by atoms with van der Waals surface area (Å²) in [5, 5.41) is 5.32. The molecule has 0 spiro atoms. The zero-order chi connectivity index (χ0) is 17.8. The topological polar surface area (TPSA) is 41.6 Å². The first-order valence-corrected chi connectivity index (χ1v) is 11.3. The van der Waals surface area contributed by atoms with Crippen LogP contribution in [0.4, 0.5) is 0 Å².